The number of anilines is 2. The van der Waals surface area contributed by atoms with E-state index in [1.54, 1.807) is 6.92 Å². The van der Waals surface area contributed by atoms with Crippen LogP contribution >= 0.6 is 0 Å². The van der Waals surface area contributed by atoms with Crippen LogP contribution in [0.1, 0.15) is 32.9 Å². The fourth-order valence-electron chi connectivity index (χ4n) is 1.88. The molecule has 0 amide bonds. The summed E-state index contributed by atoms with van der Waals surface area (Å²) in [5.74, 6) is 5.79. The van der Waals surface area contributed by atoms with Gasteiger partial charge in [-0.05, 0) is 27.2 Å². The number of nitro groups is 1. The van der Waals surface area contributed by atoms with Gasteiger partial charge in [0.05, 0.1) is 4.92 Å². The molecule has 0 saturated heterocycles. The molecule has 1 aromatic rings. The van der Waals surface area contributed by atoms with Gasteiger partial charge in [-0.2, -0.15) is 4.98 Å². The number of hydrazine groups is 1. The third-order valence-electron chi connectivity index (χ3n) is 2.71. The van der Waals surface area contributed by atoms with Crippen LogP contribution in [-0.2, 0) is 0 Å². The SMILES string of the molecule is CCCN(c1nc(NN)nc(C)c1[N+](=O)[O-])C(C)C. The van der Waals surface area contributed by atoms with Crippen LogP contribution in [0.2, 0.25) is 0 Å². The largest absolute Gasteiger partial charge is 0.348 e. The molecule has 0 unspecified atom stereocenters. The summed E-state index contributed by atoms with van der Waals surface area (Å²) in [4.78, 5) is 20.8. The van der Waals surface area contributed by atoms with E-state index in [4.69, 9.17) is 5.84 Å². The molecule has 0 fully saturated rings. The fourth-order valence-corrected chi connectivity index (χ4v) is 1.88. The predicted octanol–water partition coefficient (Wildman–Crippen LogP) is 1.60. The first-order valence-corrected chi connectivity index (χ1v) is 6.18. The van der Waals surface area contributed by atoms with Gasteiger partial charge < -0.3 is 4.90 Å². The van der Waals surface area contributed by atoms with Crippen LogP contribution in [0.25, 0.3) is 0 Å². The van der Waals surface area contributed by atoms with Crippen molar-refractivity contribution in [2.75, 3.05) is 16.9 Å². The van der Waals surface area contributed by atoms with E-state index in [1.165, 1.54) is 0 Å². The standard InChI is InChI=1S/C11H20N6O2/c1-5-6-16(7(2)3)10-9(17(18)19)8(4)13-11(14-10)15-12/h7H,5-6,12H2,1-4H3,(H,13,14,15). The molecule has 8 nitrogen and oxygen atoms in total. The normalized spacial score (nSPS) is 10.6. The summed E-state index contributed by atoms with van der Waals surface area (Å²) in [6.07, 6.45) is 0.865. The molecule has 1 heterocycles. The van der Waals surface area contributed by atoms with Gasteiger partial charge in [0, 0.05) is 12.6 Å². The summed E-state index contributed by atoms with van der Waals surface area (Å²) < 4.78 is 0. The number of aromatic nitrogens is 2. The lowest BCUT2D eigenvalue weighted by Crippen LogP contribution is -2.33. The van der Waals surface area contributed by atoms with Crippen LogP contribution in [0, 0.1) is 17.0 Å². The maximum Gasteiger partial charge on any atom is 0.332 e. The Morgan fingerprint density at radius 2 is 2.11 bits per heavy atom. The zero-order valence-corrected chi connectivity index (χ0v) is 11.7. The zero-order valence-electron chi connectivity index (χ0n) is 11.7. The summed E-state index contributed by atoms with van der Waals surface area (Å²) in [6.45, 7) is 8.20. The number of rotatable bonds is 6. The highest BCUT2D eigenvalue weighted by Crippen LogP contribution is 2.30. The molecule has 1 aromatic heterocycles. The van der Waals surface area contributed by atoms with Gasteiger partial charge in [-0.1, -0.05) is 6.92 Å². The first kappa shape index (κ1) is 15.1. The minimum Gasteiger partial charge on any atom is -0.348 e. The Morgan fingerprint density at radius 1 is 1.47 bits per heavy atom. The summed E-state index contributed by atoms with van der Waals surface area (Å²) in [5, 5.41) is 11.2. The number of nitrogens with two attached hydrogens (primary N) is 1. The van der Waals surface area contributed by atoms with Crippen molar-refractivity contribution in [3.63, 3.8) is 0 Å². The highest BCUT2D eigenvalue weighted by molar-refractivity contribution is 5.62. The molecule has 0 bridgehead atoms. The van der Waals surface area contributed by atoms with Crippen molar-refractivity contribution in [3.05, 3.63) is 15.8 Å². The molecule has 0 saturated carbocycles. The smallest absolute Gasteiger partial charge is 0.332 e. The van der Waals surface area contributed by atoms with Crippen LogP contribution in [0.15, 0.2) is 0 Å². The Bertz CT molecular complexity index is 463. The van der Waals surface area contributed by atoms with Crippen molar-refractivity contribution in [1.82, 2.24) is 9.97 Å². The number of hydrogen-bond acceptors (Lipinski definition) is 7. The number of aryl methyl sites for hydroxylation is 1. The third kappa shape index (κ3) is 3.28. The first-order valence-electron chi connectivity index (χ1n) is 6.18. The molecule has 0 spiro atoms. The molecule has 0 radical (unpaired) electrons. The van der Waals surface area contributed by atoms with Gasteiger partial charge in [-0.3, -0.25) is 15.5 Å². The summed E-state index contributed by atoms with van der Waals surface area (Å²) >= 11 is 0. The second-order valence-electron chi connectivity index (χ2n) is 4.49. The van der Waals surface area contributed by atoms with Crippen molar-refractivity contribution in [1.29, 1.82) is 0 Å². The Balaban J connectivity index is 3.43. The Kier molecular flexibility index (Phi) is 4.99. The lowest BCUT2D eigenvalue weighted by molar-refractivity contribution is -0.385. The first-order chi connectivity index (χ1) is 8.92. The minimum absolute atomic E-state index is 0.0684. The van der Waals surface area contributed by atoms with E-state index >= 15 is 0 Å². The van der Waals surface area contributed by atoms with Crippen molar-refractivity contribution < 1.29 is 4.92 Å². The molecule has 8 heteroatoms. The highest BCUT2D eigenvalue weighted by atomic mass is 16.6. The van der Waals surface area contributed by atoms with Crippen molar-refractivity contribution in [2.24, 2.45) is 5.84 Å². The molecule has 0 aliphatic heterocycles. The maximum atomic E-state index is 11.2. The van der Waals surface area contributed by atoms with Gasteiger partial charge in [-0.25, -0.2) is 10.8 Å². The molecule has 0 aliphatic carbocycles. The number of hydrogen-bond donors (Lipinski definition) is 2. The van der Waals surface area contributed by atoms with Crippen LogP contribution in [-0.4, -0.2) is 27.5 Å². The average molecular weight is 268 g/mol. The topological polar surface area (TPSA) is 110 Å². The van der Waals surface area contributed by atoms with E-state index in [9.17, 15) is 10.1 Å². The van der Waals surface area contributed by atoms with E-state index in [0.717, 1.165) is 6.42 Å². The molecular formula is C11H20N6O2. The van der Waals surface area contributed by atoms with E-state index in [0.29, 0.717) is 18.1 Å². The third-order valence-corrected chi connectivity index (χ3v) is 2.71. The minimum atomic E-state index is -0.448. The molecule has 0 aromatic carbocycles. The van der Waals surface area contributed by atoms with Gasteiger partial charge >= 0.3 is 5.69 Å². The highest BCUT2D eigenvalue weighted by Gasteiger charge is 2.27. The van der Waals surface area contributed by atoms with Crippen LogP contribution in [0.5, 0.6) is 0 Å². The molecule has 0 atom stereocenters. The van der Waals surface area contributed by atoms with Crippen molar-refractivity contribution in [2.45, 2.75) is 40.2 Å². The lowest BCUT2D eigenvalue weighted by atomic mass is 10.2. The molecule has 1 rings (SSSR count). The van der Waals surface area contributed by atoms with Gasteiger partial charge in [0.15, 0.2) is 0 Å². The molecular weight excluding hydrogens is 248 g/mol. The summed E-state index contributed by atoms with van der Waals surface area (Å²) in [5.41, 5.74) is 2.57. The average Bonchev–Trinajstić information content (AvgIpc) is 2.33. The fraction of sp³-hybridized carbons (Fsp3) is 0.636. The van der Waals surface area contributed by atoms with Crippen LogP contribution in [0.3, 0.4) is 0 Å². The molecule has 0 aliphatic rings. The monoisotopic (exact) mass is 268 g/mol. The van der Waals surface area contributed by atoms with Crippen LogP contribution in [0.4, 0.5) is 17.5 Å². The van der Waals surface area contributed by atoms with Gasteiger partial charge in [0.25, 0.3) is 0 Å². The quantitative estimate of drug-likeness (QED) is 0.458. The van der Waals surface area contributed by atoms with E-state index in [2.05, 4.69) is 15.4 Å². The van der Waals surface area contributed by atoms with Crippen molar-refractivity contribution >= 4 is 17.5 Å². The van der Waals surface area contributed by atoms with E-state index < -0.39 is 4.92 Å². The molecule has 3 N–H and O–H groups in total. The summed E-state index contributed by atoms with van der Waals surface area (Å²) in [6, 6.07) is 0.0959. The Morgan fingerprint density at radius 3 is 2.53 bits per heavy atom. The van der Waals surface area contributed by atoms with Crippen molar-refractivity contribution in [3.8, 4) is 0 Å². The van der Waals surface area contributed by atoms with Gasteiger partial charge in [-0.15, -0.1) is 0 Å². The van der Waals surface area contributed by atoms with Gasteiger partial charge in [0.2, 0.25) is 11.8 Å². The second-order valence-corrected chi connectivity index (χ2v) is 4.49. The predicted molar refractivity (Wildman–Crippen MR) is 74.0 cm³/mol. The number of nitrogens with zero attached hydrogens (tertiary/aromatic N) is 4. The second kappa shape index (κ2) is 6.28. The number of nitrogens with one attached hydrogen (secondary N) is 1. The van der Waals surface area contributed by atoms with E-state index in [-0.39, 0.29) is 17.7 Å². The Hall–Kier alpha value is -1.96. The maximum absolute atomic E-state index is 11.2. The van der Waals surface area contributed by atoms with Crippen LogP contribution < -0.4 is 16.2 Å². The number of nitrogen functional groups attached to an aromatic ring is 1. The van der Waals surface area contributed by atoms with Gasteiger partial charge in [0.1, 0.15) is 5.69 Å². The lowest BCUT2D eigenvalue weighted by Gasteiger charge is -2.27. The van der Waals surface area contributed by atoms with E-state index in [1.807, 2.05) is 25.7 Å². The zero-order chi connectivity index (χ0) is 14.6. The Labute approximate surface area is 112 Å². The molecule has 106 valence electrons. The molecule has 19 heavy (non-hydrogen) atoms. The summed E-state index contributed by atoms with van der Waals surface area (Å²) in [7, 11) is 0.